The van der Waals surface area contributed by atoms with Gasteiger partial charge < -0.3 is 15.2 Å². The minimum atomic E-state index is -0.893. The summed E-state index contributed by atoms with van der Waals surface area (Å²) >= 11 is 0. The molecule has 0 radical (unpaired) electrons. The number of nitrogens with one attached hydrogen (secondary N) is 1. The van der Waals surface area contributed by atoms with Crippen LogP contribution in [0.1, 0.15) is 34.6 Å². The molecule has 2 N–H and O–H groups in total. The van der Waals surface area contributed by atoms with Crippen LogP contribution in [0.5, 0.6) is 0 Å². The van der Waals surface area contributed by atoms with Crippen LogP contribution in [-0.4, -0.2) is 36.2 Å². The van der Waals surface area contributed by atoms with Crippen LogP contribution in [0, 0.1) is 23.2 Å². The Bertz CT molecular complexity index is 351. The highest BCUT2D eigenvalue weighted by atomic mass is 16.5. The lowest BCUT2D eigenvalue weighted by molar-refractivity contribution is -0.140. The molecule has 0 aromatic rings. The number of rotatable bonds is 7. The molecule has 3 atom stereocenters. The molecule has 19 heavy (non-hydrogen) atoms. The summed E-state index contributed by atoms with van der Waals surface area (Å²) in [5.41, 5.74) is -0.455. The number of carboxylic acids is 1. The first-order valence-electron chi connectivity index (χ1n) is 6.84. The molecule has 5 nitrogen and oxygen atoms in total. The van der Waals surface area contributed by atoms with E-state index in [2.05, 4.69) is 5.32 Å². The third kappa shape index (κ3) is 3.47. The lowest BCUT2D eigenvalue weighted by Crippen LogP contribution is -2.43. The Morgan fingerprint density at radius 2 is 1.89 bits per heavy atom. The molecule has 1 aliphatic carbocycles. The van der Waals surface area contributed by atoms with Gasteiger partial charge in [0.15, 0.2) is 0 Å². The number of carbonyl (C=O) groups excluding carboxylic acids is 1. The number of hydrogen-bond donors (Lipinski definition) is 2. The molecule has 0 bridgehead atoms. The van der Waals surface area contributed by atoms with E-state index in [9.17, 15) is 9.59 Å². The second kappa shape index (κ2) is 5.90. The zero-order valence-electron chi connectivity index (χ0n) is 12.4. The van der Waals surface area contributed by atoms with Crippen LogP contribution in [0.2, 0.25) is 0 Å². The van der Waals surface area contributed by atoms with Gasteiger partial charge >= 0.3 is 5.97 Å². The summed E-state index contributed by atoms with van der Waals surface area (Å²) in [5, 5.41) is 12.0. The van der Waals surface area contributed by atoms with Crippen molar-refractivity contribution in [3.63, 3.8) is 0 Å². The molecule has 0 spiro atoms. The smallest absolute Gasteiger partial charge is 0.307 e. The standard InChI is InChI=1S/C14H25NO4/c1-6-19-7-9(8(2)3)15-12(16)10-11(13(17)18)14(10,4)5/h8-11H,6-7H2,1-5H3,(H,15,16)(H,17,18)/t9?,10-,11+/m1/s1. The van der Waals surface area contributed by atoms with Gasteiger partial charge in [-0.2, -0.15) is 0 Å². The molecular formula is C14H25NO4. The van der Waals surface area contributed by atoms with E-state index in [-0.39, 0.29) is 17.9 Å². The van der Waals surface area contributed by atoms with E-state index in [1.54, 1.807) is 0 Å². The first-order chi connectivity index (χ1) is 8.73. The number of amides is 1. The topological polar surface area (TPSA) is 75.6 Å². The average Bonchev–Trinajstić information content (AvgIpc) is 2.87. The van der Waals surface area contributed by atoms with Crippen molar-refractivity contribution < 1.29 is 19.4 Å². The van der Waals surface area contributed by atoms with Gasteiger partial charge in [-0.05, 0) is 18.3 Å². The van der Waals surface area contributed by atoms with Gasteiger partial charge in [-0.15, -0.1) is 0 Å². The van der Waals surface area contributed by atoms with Crippen LogP contribution < -0.4 is 5.32 Å². The van der Waals surface area contributed by atoms with Crippen molar-refractivity contribution in [2.24, 2.45) is 23.2 Å². The number of carboxylic acid groups (broad SMARTS) is 1. The van der Waals surface area contributed by atoms with Crippen molar-refractivity contribution in [1.29, 1.82) is 0 Å². The molecule has 1 unspecified atom stereocenters. The van der Waals surface area contributed by atoms with E-state index in [0.29, 0.717) is 13.2 Å². The van der Waals surface area contributed by atoms with Crippen molar-refractivity contribution >= 4 is 11.9 Å². The van der Waals surface area contributed by atoms with Gasteiger partial charge in [0, 0.05) is 6.61 Å². The number of hydrogen-bond acceptors (Lipinski definition) is 3. The minimum Gasteiger partial charge on any atom is -0.481 e. The molecule has 1 aliphatic rings. The minimum absolute atomic E-state index is 0.0710. The van der Waals surface area contributed by atoms with E-state index in [1.165, 1.54) is 0 Å². The van der Waals surface area contributed by atoms with E-state index >= 15 is 0 Å². The zero-order chi connectivity index (χ0) is 14.8. The van der Waals surface area contributed by atoms with Crippen LogP contribution in [0.15, 0.2) is 0 Å². The summed E-state index contributed by atoms with van der Waals surface area (Å²) in [6.07, 6.45) is 0. The van der Waals surface area contributed by atoms with Gasteiger partial charge in [-0.3, -0.25) is 9.59 Å². The molecule has 1 fully saturated rings. The average molecular weight is 271 g/mol. The highest BCUT2D eigenvalue weighted by molar-refractivity contribution is 5.91. The second-order valence-corrected chi connectivity index (χ2v) is 6.13. The molecule has 0 saturated heterocycles. The molecular weight excluding hydrogens is 246 g/mol. The Balaban J connectivity index is 2.61. The van der Waals surface area contributed by atoms with E-state index in [0.717, 1.165) is 0 Å². The molecule has 0 aromatic heterocycles. The largest absolute Gasteiger partial charge is 0.481 e. The molecule has 1 amide bonds. The van der Waals surface area contributed by atoms with Crippen LogP contribution in [-0.2, 0) is 14.3 Å². The maximum atomic E-state index is 12.2. The third-order valence-electron chi connectivity index (χ3n) is 4.01. The third-order valence-corrected chi connectivity index (χ3v) is 4.01. The lowest BCUT2D eigenvalue weighted by Gasteiger charge is -2.22. The Kier molecular flexibility index (Phi) is 4.96. The summed E-state index contributed by atoms with van der Waals surface area (Å²) in [7, 11) is 0. The SMILES string of the molecule is CCOCC(NC(=O)[C@H]1[C@@H](C(=O)O)C1(C)C)C(C)C. The van der Waals surface area contributed by atoms with Gasteiger partial charge in [0.2, 0.25) is 5.91 Å². The molecule has 0 aliphatic heterocycles. The molecule has 1 saturated carbocycles. The number of ether oxygens (including phenoxy) is 1. The predicted molar refractivity (Wildman–Crippen MR) is 71.7 cm³/mol. The molecule has 1 rings (SSSR count). The Morgan fingerprint density at radius 1 is 1.32 bits per heavy atom. The van der Waals surface area contributed by atoms with Crippen molar-refractivity contribution in [3.8, 4) is 0 Å². The van der Waals surface area contributed by atoms with Gasteiger partial charge in [0.25, 0.3) is 0 Å². The van der Waals surface area contributed by atoms with Crippen LogP contribution in [0.4, 0.5) is 0 Å². The van der Waals surface area contributed by atoms with Crippen molar-refractivity contribution in [2.75, 3.05) is 13.2 Å². The normalized spacial score (nSPS) is 26.0. The quantitative estimate of drug-likeness (QED) is 0.736. The van der Waals surface area contributed by atoms with E-state index in [4.69, 9.17) is 9.84 Å². The highest BCUT2D eigenvalue weighted by Crippen LogP contribution is 2.58. The van der Waals surface area contributed by atoms with Crippen molar-refractivity contribution in [3.05, 3.63) is 0 Å². The van der Waals surface area contributed by atoms with Crippen LogP contribution in [0.3, 0.4) is 0 Å². The lowest BCUT2D eigenvalue weighted by atomic mass is 10.0. The number of carbonyl (C=O) groups is 2. The fourth-order valence-electron chi connectivity index (χ4n) is 2.51. The first-order valence-corrected chi connectivity index (χ1v) is 6.84. The summed E-state index contributed by atoms with van der Waals surface area (Å²) in [6.45, 7) is 10.6. The maximum Gasteiger partial charge on any atom is 0.307 e. The van der Waals surface area contributed by atoms with Crippen molar-refractivity contribution in [2.45, 2.75) is 40.7 Å². The summed E-state index contributed by atoms with van der Waals surface area (Å²) < 4.78 is 5.35. The van der Waals surface area contributed by atoms with Gasteiger partial charge in [0.05, 0.1) is 24.5 Å². The van der Waals surface area contributed by atoms with Crippen LogP contribution >= 0.6 is 0 Å². The second-order valence-electron chi connectivity index (χ2n) is 6.13. The van der Waals surface area contributed by atoms with E-state index < -0.39 is 23.2 Å². The summed E-state index contributed by atoms with van der Waals surface area (Å²) in [4.78, 5) is 23.3. The molecule has 0 heterocycles. The predicted octanol–water partition coefficient (Wildman–Crippen LogP) is 1.52. The summed E-state index contributed by atoms with van der Waals surface area (Å²) in [5.74, 6) is -1.83. The maximum absolute atomic E-state index is 12.2. The van der Waals surface area contributed by atoms with Crippen molar-refractivity contribution in [1.82, 2.24) is 5.32 Å². The Labute approximate surface area is 114 Å². The monoisotopic (exact) mass is 271 g/mol. The Hall–Kier alpha value is -1.10. The van der Waals surface area contributed by atoms with E-state index in [1.807, 2.05) is 34.6 Å². The molecule has 5 heteroatoms. The van der Waals surface area contributed by atoms with Crippen LogP contribution in [0.25, 0.3) is 0 Å². The molecule has 110 valence electrons. The Morgan fingerprint density at radius 3 is 2.26 bits per heavy atom. The van der Waals surface area contributed by atoms with Gasteiger partial charge in [-0.1, -0.05) is 27.7 Å². The first kappa shape index (κ1) is 16.0. The fourth-order valence-corrected chi connectivity index (χ4v) is 2.51. The number of aliphatic carboxylic acids is 1. The summed E-state index contributed by atoms with van der Waals surface area (Å²) in [6, 6.07) is -0.0710. The molecule has 0 aromatic carbocycles. The fraction of sp³-hybridized carbons (Fsp3) is 0.857. The zero-order valence-corrected chi connectivity index (χ0v) is 12.4. The highest BCUT2D eigenvalue weighted by Gasteiger charge is 2.66. The van der Waals surface area contributed by atoms with Gasteiger partial charge in [0.1, 0.15) is 0 Å². The van der Waals surface area contributed by atoms with Gasteiger partial charge in [-0.25, -0.2) is 0 Å².